The molecular weight excluding hydrogens is 208 g/mol. The first-order valence-corrected chi connectivity index (χ1v) is 7.64. The molecule has 3 unspecified atom stereocenters. The van der Waals surface area contributed by atoms with Crippen LogP contribution in [0.2, 0.25) is 0 Å². The van der Waals surface area contributed by atoms with E-state index in [0.29, 0.717) is 0 Å². The fraction of sp³-hybridized carbons (Fsp3) is 1.00. The summed E-state index contributed by atoms with van der Waals surface area (Å²) in [4.78, 5) is 2.51. The van der Waals surface area contributed by atoms with Crippen molar-refractivity contribution in [1.29, 1.82) is 0 Å². The van der Waals surface area contributed by atoms with Crippen molar-refractivity contribution in [3.05, 3.63) is 0 Å². The minimum Gasteiger partial charge on any atom is -0.314 e. The van der Waals surface area contributed by atoms with Gasteiger partial charge in [0, 0.05) is 6.04 Å². The van der Waals surface area contributed by atoms with Crippen molar-refractivity contribution in [2.75, 3.05) is 26.2 Å². The van der Waals surface area contributed by atoms with E-state index in [1.807, 2.05) is 0 Å². The Morgan fingerprint density at radius 2 is 1.82 bits per heavy atom. The van der Waals surface area contributed by atoms with Crippen molar-refractivity contribution in [2.45, 2.75) is 59.4 Å². The summed E-state index contributed by atoms with van der Waals surface area (Å²) < 4.78 is 0. The lowest BCUT2D eigenvalue weighted by Crippen LogP contribution is -2.41. The Kier molecular flexibility index (Phi) is 7.14. The number of rotatable bonds is 7. The molecule has 1 aliphatic rings. The fourth-order valence-electron chi connectivity index (χ4n) is 3.00. The molecule has 2 heteroatoms. The molecule has 1 fully saturated rings. The maximum Gasteiger partial charge on any atom is 0.00952 e. The van der Waals surface area contributed by atoms with Gasteiger partial charge in [-0.15, -0.1) is 0 Å². The molecule has 0 aromatic heterocycles. The van der Waals surface area contributed by atoms with Crippen molar-refractivity contribution in [2.24, 2.45) is 11.8 Å². The molecule has 0 aromatic carbocycles. The summed E-state index contributed by atoms with van der Waals surface area (Å²) in [5.41, 5.74) is 0. The van der Waals surface area contributed by atoms with Crippen LogP contribution in [0.3, 0.4) is 0 Å². The monoisotopic (exact) mass is 240 g/mol. The topological polar surface area (TPSA) is 15.3 Å². The van der Waals surface area contributed by atoms with E-state index in [1.54, 1.807) is 0 Å². The lowest BCUT2D eigenvalue weighted by Gasteiger charge is -2.35. The molecule has 1 N–H and O–H groups in total. The quantitative estimate of drug-likeness (QED) is 0.688. The zero-order valence-corrected chi connectivity index (χ0v) is 12.3. The summed E-state index contributed by atoms with van der Waals surface area (Å²) in [6.07, 6.45) is 5.52. The second-order valence-corrected chi connectivity index (χ2v) is 5.71. The Morgan fingerprint density at radius 3 is 2.47 bits per heavy atom. The summed E-state index contributed by atoms with van der Waals surface area (Å²) in [7, 11) is 0. The van der Waals surface area contributed by atoms with Gasteiger partial charge in [0.05, 0.1) is 0 Å². The van der Waals surface area contributed by atoms with E-state index in [1.165, 1.54) is 51.9 Å². The third-order valence-corrected chi connectivity index (χ3v) is 4.66. The first-order chi connectivity index (χ1) is 8.19. The Balaban J connectivity index is 2.13. The van der Waals surface area contributed by atoms with E-state index in [2.05, 4.69) is 37.9 Å². The highest BCUT2D eigenvalue weighted by molar-refractivity contribution is 4.82. The van der Waals surface area contributed by atoms with Crippen molar-refractivity contribution >= 4 is 0 Å². The molecule has 0 radical (unpaired) electrons. The predicted octanol–water partition coefficient (Wildman–Crippen LogP) is 3.13. The van der Waals surface area contributed by atoms with Crippen LogP contribution in [0.4, 0.5) is 0 Å². The van der Waals surface area contributed by atoms with Crippen LogP contribution in [-0.2, 0) is 0 Å². The van der Waals surface area contributed by atoms with Gasteiger partial charge in [0.1, 0.15) is 0 Å². The maximum atomic E-state index is 3.78. The molecule has 0 heterocycles. The Labute approximate surface area is 108 Å². The standard InChI is InChI=1S/C15H32N2/c1-5-17(6-2)12-8-11-16-15-10-7-9-13(3)14(15)4/h13-16H,5-12H2,1-4H3. The SMILES string of the molecule is CCN(CC)CCCNC1CCCC(C)C1C. The summed E-state index contributed by atoms with van der Waals surface area (Å²) in [6.45, 7) is 14.2. The van der Waals surface area contributed by atoms with Gasteiger partial charge in [-0.25, -0.2) is 0 Å². The second kappa shape index (κ2) is 8.10. The average molecular weight is 240 g/mol. The molecule has 0 saturated heterocycles. The highest BCUT2D eigenvalue weighted by atomic mass is 15.1. The minimum absolute atomic E-state index is 0.774. The first kappa shape index (κ1) is 15.0. The Bertz CT molecular complexity index is 189. The van der Waals surface area contributed by atoms with Crippen LogP contribution >= 0.6 is 0 Å². The number of nitrogens with zero attached hydrogens (tertiary/aromatic N) is 1. The highest BCUT2D eigenvalue weighted by Crippen LogP contribution is 2.29. The van der Waals surface area contributed by atoms with Gasteiger partial charge in [0.25, 0.3) is 0 Å². The second-order valence-electron chi connectivity index (χ2n) is 5.71. The van der Waals surface area contributed by atoms with Gasteiger partial charge in [-0.2, -0.15) is 0 Å². The summed E-state index contributed by atoms with van der Waals surface area (Å²) in [6, 6.07) is 0.774. The zero-order valence-electron chi connectivity index (χ0n) is 12.3. The van der Waals surface area contributed by atoms with E-state index < -0.39 is 0 Å². The van der Waals surface area contributed by atoms with Gasteiger partial charge in [-0.05, 0) is 50.9 Å². The van der Waals surface area contributed by atoms with E-state index in [-0.39, 0.29) is 0 Å². The van der Waals surface area contributed by atoms with Gasteiger partial charge in [-0.3, -0.25) is 0 Å². The predicted molar refractivity (Wildman–Crippen MR) is 76.4 cm³/mol. The minimum atomic E-state index is 0.774. The van der Waals surface area contributed by atoms with Crippen LogP contribution in [0.25, 0.3) is 0 Å². The van der Waals surface area contributed by atoms with Gasteiger partial charge in [0.2, 0.25) is 0 Å². The zero-order chi connectivity index (χ0) is 12.7. The molecule has 0 aromatic rings. The summed E-state index contributed by atoms with van der Waals surface area (Å²) in [5, 5.41) is 3.78. The number of nitrogens with one attached hydrogen (secondary N) is 1. The normalized spacial score (nSPS) is 29.8. The molecule has 1 aliphatic carbocycles. The summed E-state index contributed by atoms with van der Waals surface area (Å²) in [5.74, 6) is 1.77. The van der Waals surface area contributed by atoms with Crippen LogP contribution in [0.5, 0.6) is 0 Å². The highest BCUT2D eigenvalue weighted by Gasteiger charge is 2.26. The third-order valence-electron chi connectivity index (χ3n) is 4.66. The van der Waals surface area contributed by atoms with Gasteiger partial charge in [-0.1, -0.05) is 40.5 Å². The Morgan fingerprint density at radius 1 is 1.12 bits per heavy atom. The summed E-state index contributed by atoms with van der Waals surface area (Å²) >= 11 is 0. The molecule has 0 spiro atoms. The molecule has 17 heavy (non-hydrogen) atoms. The fourth-order valence-corrected chi connectivity index (χ4v) is 3.00. The average Bonchev–Trinajstić information content (AvgIpc) is 2.34. The first-order valence-electron chi connectivity index (χ1n) is 7.64. The van der Waals surface area contributed by atoms with E-state index in [9.17, 15) is 0 Å². The number of hydrogen-bond acceptors (Lipinski definition) is 2. The van der Waals surface area contributed by atoms with Gasteiger partial charge in [0.15, 0.2) is 0 Å². The van der Waals surface area contributed by atoms with Crippen LogP contribution in [0.15, 0.2) is 0 Å². The number of hydrogen-bond donors (Lipinski definition) is 1. The van der Waals surface area contributed by atoms with Crippen molar-refractivity contribution in [1.82, 2.24) is 10.2 Å². The molecule has 0 aliphatic heterocycles. The van der Waals surface area contributed by atoms with Crippen molar-refractivity contribution in [3.63, 3.8) is 0 Å². The van der Waals surface area contributed by atoms with Crippen LogP contribution in [0.1, 0.15) is 53.4 Å². The molecule has 0 bridgehead atoms. The van der Waals surface area contributed by atoms with E-state index in [0.717, 1.165) is 17.9 Å². The van der Waals surface area contributed by atoms with Crippen LogP contribution in [0, 0.1) is 11.8 Å². The maximum absolute atomic E-state index is 3.78. The molecule has 1 rings (SSSR count). The third kappa shape index (κ3) is 4.97. The molecule has 3 atom stereocenters. The van der Waals surface area contributed by atoms with Crippen LogP contribution in [-0.4, -0.2) is 37.1 Å². The lowest BCUT2D eigenvalue weighted by molar-refractivity contribution is 0.203. The van der Waals surface area contributed by atoms with Crippen LogP contribution < -0.4 is 5.32 Å². The van der Waals surface area contributed by atoms with Gasteiger partial charge < -0.3 is 10.2 Å². The van der Waals surface area contributed by atoms with Crippen molar-refractivity contribution in [3.8, 4) is 0 Å². The van der Waals surface area contributed by atoms with Crippen molar-refractivity contribution < 1.29 is 0 Å². The molecule has 102 valence electrons. The van der Waals surface area contributed by atoms with E-state index in [4.69, 9.17) is 0 Å². The largest absolute Gasteiger partial charge is 0.314 e. The molecular formula is C15H32N2. The lowest BCUT2D eigenvalue weighted by atomic mass is 9.78. The molecule has 0 amide bonds. The molecule has 1 saturated carbocycles. The van der Waals surface area contributed by atoms with E-state index >= 15 is 0 Å². The Hall–Kier alpha value is -0.0800. The smallest absolute Gasteiger partial charge is 0.00952 e. The van der Waals surface area contributed by atoms with Gasteiger partial charge >= 0.3 is 0 Å². The molecule has 2 nitrogen and oxygen atoms in total.